The molecule has 3 aromatic rings. The molecule has 0 saturated carbocycles. The zero-order valence-electron chi connectivity index (χ0n) is 15.0. The molecule has 0 atom stereocenters. The summed E-state index contributed by atoms with van der Waals surface area (Å²) in [4.78, 5) is 0. The Morgan fingerprint density at radius 2 is 1.81 bits per heavy atom. The zero-order valence-corrected chi connectivity index (χ0v) is 15.0. The molecule has 0 unspecified atom stereocenters. The Morgan fingerprint density at radius 1 is 1.04 bits per heavy atom. The molecule has 0 aliphatic carbocycles. The van der Waals surface area contributed by atoms with Gasteiger partial charge in [-0.15, -0.1) is 0 Å². The predicted molar refractivity (Wildman–Crippen MR) is 100 cm³/mol. The number of nitrogens with zero attached hydrogens (tertiary/aromatic N) is 1. The number of rotatable bonds is 7. The number of phenolic OH excluding ortho intramolecular Hbond substituents is 2. The smallest absolute Gasteiger partial charge is 0.178 e. The van der Waals surface area contributed by atoms with Crippen LogP contribution in [0.5, 0.6) is 17.2 Å². The summed E-state index contributed by atoms with van der Waals surface area (Å²) in [5.74, 6) is 1.22. The molecular formula is C21H23NO4. The van der Waals surface area contributed by atoms with Crippen molar-refractivity contribution in [2.45, 2.75) is 32.6 Å². The van der Waals surface area contributed by atoms with Crippen molar-refractivity contribution >= 4 is 0 Å². The SMILES string of the molecule is CCCCCc1noc(-c2ccc(O)cc2O)c1-c1ccc(OC)cc1. The van der Waals surface area contributed by atoms with Gasteiger partial charge in [-0.05, 0) is 42.7 Å². The van der Waals surface area contributed by atoms with Crippen LogP contribution in [0.1, 0.15) is 31.9 Å². The molecule has 0 saturated heterocycles. The normalized spacial score (nSPS) is 10.8. The molecular weight excluding hydrogens is 330 g/mol. The van der Waals surface area contributed by atoms with Crippen LogP contribution in [0.2, 0.25) is 0 Å². The van der Waals surface area contributed by atoms with Crippen LogP contribution < -0.4 is 4.74 Å². The fourth-order valence-corrected chi connectivity index (χ4v) is 2.99. The van der Waals surface area contributed by atoms with E-state index < -0.39 is 0 Å². The van der Waals surface area contributed by atoms with E-state index in [9.17, 15) is 10.2 Å². The second-order valence-electron chi connectivity index (χ2n) is 6.22. The van der Waals surface area contributed by atoms with Gasteiger partial charge in [-0.1, -0.05) is 37.1 Å². The zero-order chi connectivity index (χ0) is 18.5. The maximum absolute atomic E-state index is 10.3. The minimum absolute atomic E-state index is 0.0000629. The molecule has 5 nitrogen and oxygen atoms in total. The van der Waals surface area contributed by atoms with Gasteiger partial charge in [-0.2, -0.15) is 0 Å². The average molecular weight is 353 g/mol. The van der Waals surface area contributed by atoms with E-state index in [-0.39, 0.29) is 11.5 Å². The Balaban J connectivity index is 2.08. The maximum Gasteiger partial charge on any atom is 0.178 e. The van der Waals surface area contributed by atoms with E-state index in [0.29, 0.717) is 11.3 Å². The van der Waals surface area contributed by atoms with Crippen molar-refractivity contribution in [3.63, 3.8) is 0 Å². The van der Waals surface area contributed by atoms with Gasteiger partial charge in [0.2, 0.25) is 0 Å². The number of aromatic hydroxyl groups is 2. The van der Waals surface area contributed by atoms with Gasteiger partial charge in [0.05, 0.1) is 23.9 Å². The molecule has 2 aromatic carbocycles. The second kappa shape index (κ2) is 7.95. The van der Waals surface area contributed by atoms with Crippen LogP contribution in [-0.2, 0) is 6.42 Å². The molecule has 3 rings (SSSR count). The van der Waals surface area contributed by atoms with E-state index in [0.717, 1.165) is 48.3 Å². The van der Waals surface area contributed by atoms with Crippen molar-refractivity contribution in [3.05, 3.63) is 48.2 Å². The third kappa shape index (κ3) is 3.67. The Bertz CT molecular complexity index is 868. The first-order valence-corrected chi connectivity index (χ1v) is 8.79. The third-order valence-corrected chi connectivity index (χ3v) is 4.38. The summed E-state index contributed by atoms with van der Waals surface area (Å²) in [6.07, 6.45) is 4.07. The highest BCUT2D eigenvalue weighted by Gasteiger charge is 2.21. The lowest BCUT2D eigenvalue weighted by Crippen LogP contribution is -1.91. The molecule has 136 valence electrons. The fourth-order valence-electron chi connectivity index (χ4n) is 2.99. The summed E-state index contributed by atoms with van der Waals surface area (Å²) in [5, 5.41) is 24.1. The quantitative estimate of drug-likeness (QED) is 0.574. The van der Waals surface area contributed by atoms with E-state index in [1.807, 2.05) is 24.3 Å². The van der Waals surface area contributed by atoms with Crippen LogP contribution in [0.4, 0.5) is 0 Å². The van der Waals surface area contributed by atoms with Crippen molar-refractivity contribution in [1.82, 2.24) is 5.16 Å². The van der Waals surface area contributed by atoms with Crippen molar-refractivity contribution in [2.75, 3.05) is 7.11 Å². The molecule has 0 bridgehead atoms. The van der Waals surface area contributed by atoms with Gasteiger partial charge in [-0.3, -0.25) is 0 Å². The number of benzene rings is 2. The highest BCUT2D eigenvalue weighted by atomic mass is 16.5. The van der Waals surface area contributed by atoms with Gasteiger partial charge in [0.1, 0.15) is 17.2 Å². The van der Waals surface area contributed by atoms with Crippen molar-refractivity contribution in [1.29, 1.82) is 0 Å². The van der Waals surface area contributed by atoms with Crippen LogP contribution in [0.25, 0.3) is 22.5 Å². The van der Waals surface area contributed by atoms with Gasteiger partial charge >= 0.3 is 0 Å². The Morgan fingerprint density at radius 3 is 2.46 bits per heavy atom. The van der Waals surface area contributed by atoms with E-state index in [1.54, 1.807) is 13.2 Å². The van der Waals surface area contributed by atoms with Gasteiger partial charge in [-0.25, -0.2) is 0 Å². The van der Waals surface area contributed by atoms with Crippen molar-refractivity contribution < 1.29 is 19.5 Å². The number of phenols is 2. The van der Waals surface area contributed by atoms with Gasteiger partial charge in [0.25, 0.3) is 0 Å². The number of hydrogen-bond donors (Lipinski definition) is 2. The van der Waals surface area contributed by atoms with Gasteiger partial charge in [0.15, 0.2) is 5.76 Å². The summed E-state index contributed by atoms with van der Waals surface area (Å²) < 4.78 is 10.9. The standard InChI is InChI=1S/C21H23NO4/c1-3-4-5-6-18-20(14-7-10-16(25-2)11-8-14)21(26-22-18)17-12-9-15(23)13-19(17)24/h7-13,23-24H,3-6H2,1-2H3. The molecule has 0 aliphatic heterocycles. The number of aromatic nitrogens is 1. The topological polar surface area (TPSA) is 75.7 Å². The first-order valence-electron chi connectivity index (χ1n) is 8.79. The van der Waals surface area contributed by atoms with E-state index >= 15 is 0 Å². The van der Waals surface area contributed by atoms with Crippen LogP contribution >= 0.6 is 0 Å². The molecule has 0 spiro atoms. The second-order valence-corrected chi connectivity index (χ2v) is 6.22. The number of unbranched alkanes of at least 4 members (excludes halogenated alkanes) is 2. The summed E-state index contributed by atoms with van der Waals surface area (Å²) in [7, 11) is 1.63. The van der Waals surface area contributed by atoms with E-state index in [1.165, 1.54) is 12.1 Å². The summed E-state index contributed by atoms with van der Waals surface area (Å²) in [6.45, 7) is 2.16. The third-order valence-electron chi connectivity index (χ3n) is 4.38. The molecule has 0 amide bonds. The molecule has 0 aliphatic rings. The summed E-state index contributed by atoms with van der Waals surface area (Å²) in [5.41, 5.74) is 3.18. The number of methoxy groups -OCH3 is 1. The maximum atomic E-state index is 10.3. The predicted octanol–water partition coefficient (Wildman–Crippen LogP) is 5.16. The molecule has 26 heavy (non-hydrogen) atoms. The number of aryl methyl sites for hydroxylation is 1. The molecule has 1 heterocycles. The average Bonchev–Trinajstić information content (AvgIpc) is 3.05. The lowest BCUT2D eigenvalue weighted by Gasteiger charge is -2.08. The number of hydrogen-bond acceptors (Lipinski definition) is 5. The van der Waals surface area contributed by atoms with E-state index in [4.69, 9.17) is 9.26 Å². The first-order chi connectivity index (χ1) is 12.6. The molecule has 5 heteroatoms. The van der Waals surface area contributed by atoms with Crippen LogP contribution in [-0.4, -0.2) is 22.5 Å². The van der Waals surface area contributed by atoms with Crippen LogP contribution in [0.3, 0.4) is 0 Å². The summed E-state index contributed by atoms with van der Waals surface area (Å²) in [6, 6.07) is 12.1. The minimum Gasteiger partial charge on any atom is -0.508 e. The van der Waals surface area contributed by atoms with Crippen LogP contribution in [0, 0.1) is 0 Å². The first kappa shape index (κ1) is 17.9. The lowest BCUT2D eigenvalue weighted by atomic mass is 9.96. The van der Waals surface area contributed by atoms with E-state index in [2.05, 4.69) is 12.1 Å². The van der Waals surface area contributed by atoms with Crippen molar-refractivity contribution in [2.24, 2.45) is 0 Å². The Labute approximate surface area is 152 Å². The molecule has 1 aromatic heterocycles. The lowest BCUT2D eigenvalue weighted by molar-refractivity contribution is 0.414. The monoisotopic (exact) mass is 353 g/mol. The van der Waals surface area contributed by atoms with Crippen LogP contribution in [0.15, 0.2) is 47.0 Å². The number of ether oxygens (including phenoxy) is 1. The van der Waals surface area contributed by atoms with Gasteiger partial charge in [0, 0.05) is 6.07 Å². The largest absolute Gasteiger partial charge is 0.508 e. The Kier molecular flexibility index (Phi) is 5.46. The highest BCUT2D eigenvalue weighted by Crippen LogP contribution is 2.41. The molecule has 2 N–H and O–H groups in total. The molecule has 0 fully saturated rings. The summed E-state index contributed by atoms with van der Waals surface area (Å²) >= 11 is 0. The molecule has 0 radical (unpaired) electrons. The fraction of sp³-hybridized carbons (Fsp3) is 0.286. The minimum atomic E-state index is -0.0454. The van der Waals surface area contributed by atoms with Gasteiger partial charge < -0.3 is 19.5 Å². The Hall–Kier alpha value is -2.95. The van der Waals surface area contributed by atoms with Crippen molar-refractivity contribution in [3.8, 4) is 39.7 Å². The highest BCUT2D eigenvalue weighted by molar-refractivity contribution is 5.84.